The second kappa shape index (κ2) is 20.5. The largest absolute Gasteiger partial charge is 0.462 e. The zero-order valence-corrected chi connectivity index (χ0v) is 21.9. The van der Waals surface area contributed by atoms with Gasteiger partial charge >= 0.3 is 11.9 Å². The van der Waals surface area contributed by atoms with Crippen molar-refractivity contribution in [2.24, 2.45) is 0 Å². The number of nitrogens with one attached hydrogen (secondary N) is 1. The van der Waals surface area contributed by atoms with Crippen molar-refractivity contribution in [2.75, 3.05) is 13.1 Å². The monoisotopic (exact) mass is 455 g/mol. The van der Waals surface area contributed by atoms with E-state index in [-0.39, 0.29) is 18.0 Å². The van der Waals surface area contributed by atoms with Gasteiger partial charge in [-0.15, -0.1) is 0 Å². The van der Waals surface area contributed by atoms with E-state index in [1.807, 2.05) is 20.8 Å². The van der Waals surface area contributed by atoms with Crippen LogP contribution < -0.4 is 5.32 Å². The number of hydrogen-bond acceptors (Lipinski definition) is 5. The van der Waals surface area contributed by atoms with Crippen molar-refractivity contribution in [3.8, 4) is 0 Å². The first-order valence-corrected chi connectivity index (χ1v) is 13.4. The molecule has 0 bridgehead atoms. The molecule has 0 rings (SSSR count). The third-order valence-corrected chi connectivity index (χ3v) is 5.45. The van der Waals surface area contributed by atoms with Crippen molar-refractivity contribution < 1.29 is 19.1 Å². The van der Waals surface area contributed by atoms with Gasteiger partial charge in [0.1, 0.15) is 11.7 Å². The molecule has 0 saturated heterocycles. The van der Waals surface area contributed by atoms with E-state index in [9.17, 15) is 9.59 Å². The molecule has 0 aliphatic carbocycles. The maximum Gasteiger partial charge on any atom is 0.306 e. The van der Waals surface area contributed by atoms with Crippen molar-refractivity contribution >= 4 is 11.9 Å². The van der Waals surface area contributed by atoms with Gasteiger partial charge in [-0.3, -0.25) is 9.59 Å². The van der Waals surface area contributed by atoms with Gasteiger partial charge in [-0.05, 0) is 72.4 Å². The Morgan fingerprint density at radius 1 is 0.688 bits per heavy atom. The molecule has 0 aliphatic rings. The first-order chi connectivity index (χ1) is 15.3. The van der Waals surface area contributed by atoms with Gasteiger partial charge in [0.05, 0.1) is 0 Å². The van der Waals surface area contributed by atoms with Gasteiger partial charge in [-0.1, -0.05) is 65.2 Å². The summed E-state index contributed by atoms with van der Waals surface area (Å²) in [6, 6.07) is 0. The Hall–Kier alpha value is -1.10. The van der Waals surface area contributed by atoms with E-state index in [2.05, 4.69) is 19.2 Å². The van der Waals surface area contributed by atoms with E-state index in [1.54, 1.807) is 0 Å². The summed E-state index contributed by atoms with van der Waals surface area (Å²) in [4.78, 5) is 24.0. The summed E-state index contributed by atoms with van der Waals surface area (Å²) in [5.74, 6) is -0.217. The minimum atomic E-state index is -0.423. The highest BCUT2D eigenvalue weighted by molar-refractivity contribution is 5.70. The highest BCUT2D eigenvalue weighted by Crippen LogP contribution is 2.17. The molecule has 5 heteroatoms. The van der Waals surface area contributed by atoms with Crippen LogP contribution in [0.1, 0.15) is 137 Å². The van der Waals surface area contributed by atoms with E-state index < -0.39 is 5.60 Å². The lowest BCUT2D eigenvalue weighted by atomic mass is 10.0. The first-order valence-electron chi connectivity index (χ1n) is 13.4. The van der Waals surface area contributed by atoms with Crippen LogP contribution in [0.2, 0.25) is 0 Å². The van der Waals surface area contributed by atoms with Gasteiger partial charge in [0.2, 0.25) is 0 Å². The Morgan fingerprint density at radius 3 is 1.62 bits per heavy atom. The number of carbonyl (C=O) groups is 2. The van der Waals surface area contributed by atoms with E-state index in [0.717, 1.165) is 51.6 Å². The van der Waals surface area contributed by atoms with Crippen molar-refractivity contribution in [1.29, 1.82) is 0 Å². The molecule has 0 atom stereocenters. The van der Waals surface area contributed by atoms with Crippen molar-refractivity contribution in [2.45, 2.75) is 149 Å². The lowest BCUT2D eigenvalue weighted by molar-refractivity contribution is -0.155. The molecule has 1 N–H and O–H groups in total. The molecule has 0 aromatic rings. The lowest BCUT2D eigenvalue weighted by Crippen LogP contribution is -2.25. The average molecular weight is 456 g/mol. The fraction of sp³-hybridized carbons (Fsp3) is 0.926. The van der Waals surface area contributed by atoms with Crippen LogP contribution in [0.25, 0.3) is 0 Å². The summed E-state index contributed by atoms with van der Waals surface area (Å²) < 4.78 is 11.1. The predicted octanol–water partition coefficient (Wildman–Crippen LogP) is 7.11. The third-order valence-electron chi connectivity index (χ3n) is 5.45. The summed E-state index contributed by atoms with van der Waals surface area (Å²) in [5, 5.41) is 3.30. The van der Waals surface area contributed by atoms with E-state index in [1.165, 1.54) is 51.4 Å². The molecular formula is C27H53NO4. The first kappa shape index (κ1) is 30.9. The zero-order valence-electron chi connectivity index (χ0n) is 21.9. The zero-order chi connectivity index (χ0) is 24.1. The van der Waals surface area contributed by atoms with Crippen LogP contribution in [0.4, 0.5) is 0 Å². The Kier molecular flexibility index (Phi) is 19.8. The molecule has 5 nitrogen and oxygen atoms in total. The molecule has 0 aromatic carbocycles. The topological polar surface area (TPSA) is 64.6 Å². The minimum absolute atomic E-state index is 0.0623. The maximum atomic E-state index is 12.3. The average Bonchev–Trinajstić information content (AvgIpc) is 2.71. The smallest absolute Gasteiger partial charge is 0.306 e. The Bertz CT molecular complexity index is 445. The molecule has 32 heavy (non-hydrogen) atoms. The van der Waals surface area contributed by atoms with Crippen LogP contribution >= 0.6 is 0 Å². The fourth-order valence-electron chi connectivity index (χ4n) is 3.69. The van der Waals surface area contributed by atoms with Gasteiger partial charge in [0, 0.05) is 12.8 Å². The minimum Gasteiger partial charge on any atom is -0.462 e. The molecule has 0 saturated carbocycles. The van der Waals surface area contributed by atoms with Crippen LogP contribution in [0.15, 0.2) is 0 Å². The normalized spacial score (nSPS) is 11.7. The fourth-order valence-corrected chi connectivity index (χ4v) is 3.69. The summed E-state index contributed by atoms with van der Waals surface area (Å²) in [6.07, 6.45) is 17.0. The number of carbonyl (C=O) groups excluding carboxylic acids is 2. The molecule has 0 aliphatic heterocycles. The standard InChI is InChI=1S/C27H53NO4/c1-6-8-10-12-14-18-24(19-15-13-11-9-7-2)31-25(29)20-16-22-28-23-17-21-26(30)32-27(3,4)5/h24,28H,6-23H2,1-5H3. The molecule has 0 amide bonds. The molecular weight excluding hydrogens is 402 g/mol. The SMILES string of the molecule is CCCCCCCC(CCCCCCC)OC(=O)CCCNCCCC(=O)OC(C)(C)C. The maximum absolute atomic E-state index is 12.3. The summed E-state index contributed by atoms with van der Waals surface area (Å²) in [5.41, 5.74) is -0.423. The predicted molar refractivity (Wildman–Crippen MR) is 134 cm³/mol. The summed E-state index contributed by atoms with van der Waals surface area (Å²) in [7, 11) is 0. The molecule has 0 heterocycles. The molecule has 0 spiro atoms. The van der Waals surface area contributed by atoms with E-state index in [0.29, 0.717) is 12.8 Å². The van der Waals surface area contributed by atoms with Crippen molar-refractivity contribution in [3.05, 3.63) is 0 Å². The lowest BCUT2D eigenvalue weighted by Gasteiger charge is -2.19. The van der Waals surface area contributed by atoms with Crippen LogP contribution in [-0.2, 0) is 19.1 Å². The Morgan fingerprint density at radius 2 is 1.16 bits per heavy atom. The molecule has 0 radical (unpaired) electrons. The Balaban J connectivity index is 3.97. The van der Waals surface area contributed by atoms with Gasteiger partial charge in [0.25, 0.3) is 0 Å². The van der Waals surface area contributed by atoms with Gasteiger partial charge in [-0.25, -0.2) is 0 Å². The van der Waals surface area contributed by atoms with Gasteiger partial charge in [-0.2, -0.15) is 0 Å². The molecule has 0 unspecified atom stereocenters. The number of unbranched alkanes of at least 4 members (excludes halogenated alkanes) is 8. The van der Waals surface area contributed by atoms with Crippen molar-refractivity contribution in [3.63, 3.8) is 0 Å². The number of rotatable bonds is 21. The van der Waals surface area contributed by atoms with Crippen LogP contribution in [-0.4, -0.2) is 36.7 Å². The Labute approximate surface area is 198 Å². The third kappa shape index (κ3) is 22.1. The highest BCUT2D eigenvalue weighted by atomic mass is 16.6. The molecule has 0 fully saturated rings. The second-order valence-corrected chi connectivity index (χ2v) is 10.1. The van der Waals surface area contributed by atoms with Gasteiger partial charge in [0.15, 0.2) is 0 Å². The summed E-state index contributed by atoms with van der Waals surface area (Å²) in [6.45, 7) is 11.6. The van der Waals surface area contributed by atoms with Crippen LogP contribution in [0.3, 0.4) is 0 Å². The second-order valence-electron chi connectivity index (χ2n) is 10.1. The number of esters is 2. The molecule has 0 aromatic heterocycles. The molecule has 190 valence electrons. The number of hydrogen-bond donors (Lipinski definition) is 1. The van der Waals surface area contributed by atoms with E-state index in [4.69, 9.17) is 9.47 Å². The van der Waals surface area contributed by atoms with E-state index >= 15 is 0 Å². The van der Waals surface area contributed by atoms with Crippen LogP contribution in [0.5, 0.6) is 0 Å². The quantitative estimate of drug-likeness (QED) is 0.147. The van der Waals surface area contributed by atoms with Gasteiger partial charge < -0.3 is 14.8 Å². The number of ether oxygens (including phenoxy) is 2. The summed E-state index contributed by atoms with van der Waals surface area (Å²) >= 11 is 0. The van der Waals surface area contributed by atoms with Crippen molar-refractivity contribution in [1.82, 2.24) is 5.32 Å². The van der Waals surface area contributed by atoms with Crippen LogP contribution in [0, 0.1) is 0 Å². The highest BCUT2D eigenvalue weighted by Gasteiger charge is 2.16.